The van der Waals surface area contributed by atoms with Gasteiger partial charge in [0.1, 0.15) is 0 Å². The molecule has 0 saturated carbocycles. The average Bonchev–Trinajstić information content (AvgIpc) is 2.83. The lowest BCUT2D eigenvalue weighted by molar-refractivity contribution is 0.199. The van der Waals surface area contributed by atoms with E-state index in [0.717, 1.165) is 38.2 Å². The number of nitrogens with one attached hydrogen (secondary N) is 1. The first-order valence-electron chi connectivity index (χ1n) is 6.98. The maximum Gasteiger partial charge on any atom is 0.0934 e. The molecular formula is C16H22N2OS. The van der Waals surface area contributed by atoms with E-state index in [1.807, 2.05) is 11.3 Å². The number of hydrogen-bond acceptors (Lipinski definition) is 4. The summed E-state index contributed by atoms with van der Waals surface area (Å²) in [4.78, 5) is 6.01. The molecule has 0 unspecified atom stereocenters. The number of ether oxygens (including phenoxy) is 1. The van der Waals surface area contributed by atoms with Crippen LogP contribution in [0, 0.1) is 6.92 Å². The fourth-order valence-corrected chi connectivity index (χ4v) is 3.07. The molecule has 4 heteroatoms. The third-order valence-corrected chi connectivity index (χ3v) is 4.39. The van der Waals surface area contributed by atoms with Crippen LogP contribution in [0.5, 0.6) is 0 Å². The molecule has 0 radical (unpaired) electrons. The molecule has 2 aromatic rings. The van der Waals surface area contributed by atoms with Gasteiger partial charge >= 0.3 is 0 Å². The predicted octanol–water partition coefficient (Wildman–Crippen LogP) is 2.97. The highest BCUT2D eigenvalue weighted by Gasteiger charge is 2.07. The van der Waals surface area contributed by atoms with Crippen LogP contribution in [0.4, 0.5) is 0 Å². The Hall–Kier alpha value is -1.23. The van der Waals surface area contributed by atoms with Crippen molar-refractivity contribution < 1.29 is 4.74 Å². The Morgan fingerprint density at radius 1 is 1.20 bits per heavy atom. The Labute approximate surface area is 125 Å². The predicted molar refractivity (Wildman–Crippen MR) is 84.3 cm³/mol. The number of benzene rings is 1. The summed E-state index contributed by atoms with van der Waals surface area (Å²) in [7, 11) is 1.72. The molecule has 0 bridgehead atoms. The molecule has 1 aromatic heterocycles. The van der Waals surface area contributed by atoms with E-state index in [0.29, 0.717) is 0 Å². The molecule has 0 aliphatic rings. The fourth-order valence-electron chi connectivity index (χ4n) is 2.03. The summed E-state index contributed by atoms with van der Waals surface area (Å²) >= 11 is 1.82. The van der Waals surface area contributed by atoms with E-state index in [4.69, 9.17) is 4.74 Å². The molecule has 0 aliphatic heterocycles. The average molecular weight is 290 g/mol. The fraction of sp³-hybridized carbons (Fsp3) is 0.438. The minimum Gasteiger partial charge on any atom is -0.383 e. The molecule has 1 heterocycles. The van der Waals surface area contributed by atoms with Gasteiger partial charge in [0.15, 0.2) is 0 Å². The third kappa shape index (κ3) is 4.71. The summed E-state index contributed by atoms with van der Waals surface area (Å²) in [5.74, 6) is 0. The Bertz CT molecular complexity index is 510. The Morgan fingerprint density at radius 2 is 2.00 bits per heavy atom. The topological polar surface area (TPSA) is 34.1 Å². The summed E-state index contributed by atoms with van der Waals surface area (Å²) in [5.41, 5.74) is 2.53. The van der Waals surface area contributed by atoms with E-state index in [1.165, 1.54) is 15.4 Å². The molecule has 1 aromatic carbocycles. The summed E-state index contributed by atoms with van der Waals surface area (Å²) in [6.45, 7) is 4.61. The molecule has 1 N–H and O–H groups in total. The first-order valence-corrected chi connectivity index (χ1v) is 7.80. The van der Waals surface area contributed by atoms with Crippen LogP contribution in [0.15, 0.2) is 30.3 Å². The van der Waals surface area contributed by atoms with E-state index in [1.54, 1.807) is 7.11 Å². The van der Waals surface area contributed by atoms with Crippen molar-refractivity contribution in [2.75, 3.05) is 20.3 Å². The van der Waals surface area contributed by atoms with Gasteiger partial charge in [-0.3, -0.25) is 0 Å². The van der Waals surface area contributed by atoms with Crippen LogP contribution in [0.25, 0.3) is 0 Å². The number of methoxy groups -OCH3 is 1. The summed E-state index contributed by atoms with van der Waals surface area (Å²) < 4.78 is 5.03. The van der Waals surface area contributed by atoms with Crippen LogP contribution in [-0.2, 0) is 24.1 Å². The third-order valence-electron chi connectivity index (χ3n) is 3.18. The van der Waals surface area contributed by atoms with E-state index < -0.39 is 0 Å². The van der Waals surface area contributed by atoms with Crippen molar-refractivity contribution >= 4 is 11.3 Å². The molecule has 2 rings (SSSR count). The Morgan fingerprint density at radius 3 is 2.75 bits per heavy atom. The monoisotopic (exact) mass is 290 g/mol. The lowest BCUT2D eigenvalue weighted by Crippen LogP contribution is -2.18. The molecule has 108 valence electrons. The summed E-state index contributed by atoms with van der Waals surface area (Å²) in [6, 6.07) is 10.6. The number of aromatic nitrogens is 1. The van der Waals surface area contributed by atoms with E-state index in [-0.39, 0.29) is 0 Å². The van der Waals surface area contributed by atoms with Gasteiger partial charge in [-0.15, -0.1) is 11.3 Å². The quantitative estimate of drug-likeness (QED) is 0.759. The molecular weight excluding hydrogens is 268 g/mol. The number of thiazole rings is 1. The van der Waals surface area contributed by atoms with Gasteiger partial charge in [-0.2, -0.15) is 0 Å². The van der Waals surface area contributed by atoms with Crippen molar-refractivity contribution in [3.8, 4) is 0 Å². The molecule has 20 heavy (non-hydrogen) atoms. The van der Waals surface area contributed by atoms with Gasteiger partial charge in [-0.1, -0.05) is 30.3 Å². The van der Waals surface area contributed by atoms with E-state index >= 15 is 0 Å². The Balaban J connectivity index is 1.84. The molecule has 0 saturated heterocycles. The number of aryl methyl sites for hydroxylation is 3. The minimum atomic E-state index is 0.749. The van der Waals surface area contributed by atoms with Crippen LogP contribution in [0.3, 0.4) is 0 Å². The first kappa shape index (κ1) is 15.2. The molecule has 0 fully saturated rings. The number of hydrogen-bond donors (Lipinski definition) is 1. The second-order valence-electron chi connectivity index (χ2n) is 4.77. The van der Waals surface area contributed by atoms with Crippen LogP contribution in [0.2, 0.25) is 0 Å². The van der Waals surface area contributed by atoms with Crippen molar-refractivity contribution in [2.45, 2.75) is 26.3 Å². The van der Waals surface area contributed by atoms with Crippen molar-refractivity contribution in [1.82, 2.24) is 10.3 Å². The molecule has 0 aliphatic carbocycles. The smallest absolute Gasteiger partial charge is 0.0934 e. The van der Waals surface area contributed by atoms with Gasteiger partial charge in [0.2, 0.25) is 0 Å². The van der Waals surface area contributed by atoms with Crippen LogP contribution >= 0.6 is 11.3 Å². The zero-order chi connectivity index (χ0) is 14.2. The molecule has 0 spiro atoms. The Kier molecular flexibility index (Phi) is 6.18. The van der Waals surface area contributed by atoms with Gasteiger partial charge in [0.05, 0.1) is 17.3 Å². The molecule has 0 atom stereocenters. The van der Waals surface area contributed by atoms with Crippen molar-refractivity contribution in [1.29, 1.82) is 0 Å². The normalized spacial score (nSPS) is 10.9. The number of rotatable bonds is 8. The van der Waals surface area contributed by atoms with Crippen molar-refractivity contribution in [3.05, 3.63) is 51.5 Å². The van der Waals surface area contributed by atoms with E-state index in [9.17, 15) is 0 Å². The zero-order valence-electron chi connectivity index (χ0n) is 12.2. The van der Waals surface area contributed by atoms with Crippen LogP contribution in [-0.4, -0.2) is 25.2 Å². The van der Waals surface area contributed by atoms with Gasteiger partial charge < -0.3 is 10.1 Å². The largest absolute Gasteiger partial charge is 0.383 e. The van der Waals surface area contributed by atoms with Crippen LogP contribution in [0.1, 0.15) is 21.1 Å². The first-order chi connectivity index (χ1) is 9.79. The second kappa shape index (κ2) is 8.15. The van der Waals surface area contributed by atoms with Gasteiger partial charge in [-0.25, -0.2) is 4.98 Å². The SMILES string of the molecule is COCCNCc1sc(CCc2ccccc2)nc1C. The van der Waals surface area contributed by atoms with Crippen molar-refractivity contribution in [3.63, 3.8) is 0 Å². The lowest BCUT2D eigenvalue weighted by atomic mass is 10.1. The summed E-state index contributed by atoms with van der Waals surface area (Å²) in [5, 5.41) is 4.61. The highest BCUT2D eigenvalue weighted by atomic mass is 32.1. The molecule has 0 amide bonds. The summed E-state index contributed by atoms with van der Waals surface area (Å²) in [6.07, 6.45) is 2.08. The van der Waals surface area contributed by atoms with Crippen LogP contribution < -0.4 is 5.32 Å². The highest BCUT2D eigenvalue weighted by Crippen LogP contribution is 2.19. The van der Waals surface area contributed by atoms with Gasteiger partial charge in [0, 0.05) is 31.5 Å². The standard InChI is InChI=1S/C16H22N2OS/c1-13-15(12-17-10-11-19-2)20-16(18-13)9-8-14-6-4-3-5-7-14/h3-7,17H,8-12H2,1-2H3. The number of nitrogens with zero attached hydrogens (tertiary/aromatic N) is 1. The van der Waals surface area contributed by atoms with E-state index in [2.05, 4.69) is 47.6 Å². The maximum atomic E-state index is 5.03. The van der Waals surface area contributed by atoms with Gasteiger partial charge in [0.25, 0.3) is 0 Å². The lowest BCUT2D eigenvalue weighted by Gasteiger charge is -2.01. The maximum absolute atomic E-state index is 5.03. The second-order valence-corrected chi connectivity index (χ2v) is 5.94. The zero-order valence-corrected chi connectivity index (χ0v) is 13.0. The molecule has 3 nitrogen and oxygen atoms in total. The van der Waals surface area contributed by atoms with Gasteiger partial charge in [-0.05, 0) is 18.9 Å². The minimum absolute atomic E-state index is 0.749. The van der Waals surface area contributed by atoms with Crippen molar-refractivity contribution in [2.24, 2.45) is 0 Å². The highest BCUT2D eigenvalue weighted by molar-refractivity contribution is 7.11.